The van der Waals surface area contributed by atoms with E-state index in [1.54, 1.807) is 13.8 Å². The molecule has 0 aromatic heterocycles. The van der Waals surface area contributed by atoms with Crippen molar-refractivity contribution < 1.29 is 53.7 Å². The van der Waals surface area contributed by atoms with Crippen LogP contribution in [0.25, 0.3) is 0 Å². The lowest BCUT2D eigenvalue weighted by atomic mass is 9.99. The molecule has 0 bridgehead atoms. The van der Waals surface area contributed by atoms with Gasteiger partial charge in [0, 0.05) is 6.54 Å². The molecule has 0 saturated carbocycles. The molecule has 1 heterocycles. The summed E-state index contributed by atoms with van der Waals surface area (Å²) >= 11 is 0. The fourth-order valence-corrected chi connectivity index (χ4v) is 5.02. The molecule has 284 valence electrons. The largest absolute Gasteiger partial charge is 0.480 e. The average molecular weight is 715 g/mol. The molecule has 1 rings (SSSR count). The van der Waals surface area contributed by atoms with Gasteiger partial charge in [0.1, 0.15) is 42.3 Å². The minimum Gasteiger partial charge on any atom is -0.480 e. The van der Waals surface area contributed by atoms with Gasteiger partial charge in [0.15, 0.2) is 0 Å². The predicted octanol–water partition coefficient (Wildman–Crippen LogP) is -3.96. The first-order chi connectivity index (χ1) is 23.2. The van der Waals surface area contributed by atoms with Gasteiger partial charge in [-0.2, -0.15) is 0 Å². The molecule has 0 radical (unpaired) electrons. The molecule has 0 aliphatic carbocycles. The summed E-state index contributed by atoms with van der Waals surface area (Å²) in [6, 6.07) is -9.71. The van der Waals surface area contributed by atoms with Crippen LogP contribution in [0, 0.1) is 11.8 Å². The van der Waals surface area contributed by atoms with Crippen molar-refractivity contribution in [3.63, 3.8) is 0 Å². The quantitative estimate of drug-likeness (QED) is 0.0613. The van der Waals surface area contributed by atoms with Gasteiger partial charge in [-0.25, -0.2) is 0 Å². The maximum atomic E-state index is 13.2. The van der Waals surface area contributed by atoms with E-state index in [-0.39, 0.29) is 25.3 Å². The number of carboxylic acids is 1. The fourth-order valence-electron chi connectivity index (χ4n) is 5.02. The van der Waals surface area contributed by atoms with Crippen LogP contribution in [0.2, 0.25) is 0 Å². The Balaban J connectivity index is 2.93. The molecule has 1 saturated heterocycles. The highest BCUT2D eigenvalue weighted by atomic mass is 16.4. The number of nitrogens with two attached hydrogens (primary N) is 1. The molecule has 1 aliphatic rings. The SMILES string of the molecule is CC(C)C[C@H](NC(=O)[C@H](C)N)C(=O)N[C@H](C(=O)N[C@@H](CO)C(=O)N[C@@H](CO)C(=O)N[C@@H](C)C(=O)N1CCC[C@H]1C(=O)N[C@@H](C)C(=O)O)C(C)C. The Labute approximate surface area is 291 Å². The maximum absolute atomic E-state index is 13.2. The van der Waals surface area contributed by atoms with Crippen LogP contribution in [0.5, 0.6) is 0 Å². The summed E-state index contributed by atoms with van der Waals surface area (Å²) in [4.78, 5) is 103. The third-order valence-electron chi connectivity index (χ3n) is 7.93. The number of carbonyl (C=O) groups is 8. The number of carboxylic acid groups (broad SMARTS) is 1. The van der Waals surface area contributed by atoms with Crippen molar-refractivity contribution in [2.45, 2.75) is 116 Å². The van der Waals surface area contributed by atoms with E-state index in [9.17, 15) is 48.6 Å². The maximum Gasteiger partial charge on any atom is 0.325 e. The molecule has 19 heteroatoms. The van der Waals surface area contributed by atoms with Crippen LogP contribution >= 0.6 is 0 Å². The highest BCUT2D eigenvalue weighted by Gasteiger charge is 2.38. The molecule has 0 aromatic rings. The van der Waals surface area contributed by atoms with Crippen molar-refractivity contribution in [2.24, 2.45) is 17.6 Å². The zero-order valence-electron chi connectivity index (χ0n) is 29.6. The number of likely N-dealkylation sites (tertiary alicyclic amines) is 1. The standard InChI is InChI=1S/C31H54N8O11/c1-14(2)11-19(35-24(42)16(5)32)25(43)38-23(15(3)4)29(47)37-21(13-41)27(45)36-20(12-40)26(44)33-17(6)30(48)39-10-8-9-22(39)28(46)34-18(7)31(49)50/h14-23,40-41H,8-13,32H2,1-7H3,(H,33,44)(H,34,46)(H,35,42)(H,36,45)(H,37,47)(H,38,43)(H,49,50)/t16-,17-,18-,19-,20-,21-,22-,23-/m0/s1. The number of nitrogens with zero attached hydrogens (tertiary/aromatic N) is 1. The van der Waals surface area contributed by atoms with Gasteiger partial charge >= 0.3 is 5.97 Å². The number of aliphatic hydroxyl groups is 2. The second kappa shape index (κ2) is 20.3. The number of aliphatic carboxylic acids is 1. The van der Waals surface area contributed by atoms with Crippen molar-refractivity contribution in [3.05, 3.63) is 0 Å². The Morgan fingerprint density at radius 3 is 1.66 bits per heavy atom. The smallest absolute Gasteiger partial charge is 0.325 e. The molecular weight excluding hydrogens is 660 g/mol. The summed E-state index contributed by atoms with van der Waals surface area (Å²) in [5.74, 6) is -7.22. The first-order valence-corrected chi connectivity index (χ1v) is 16.6. The van der Waals surface area contributed by atoms with Gasteiger partial charge in [-0.3, -0.25) is 38.4 Å². The van der Waals surface area contributed by atoms with E-state index >= 15 is 0 Å². The zero-order valence-corrected chi connectivity index (χ0v) is 29.6. The Bertz CT molecular complexity index is 1240. The second-order valence-corrected chi connectivity index (χ2v) is 13.2. The highest BCUT2D eigenvalue weighted by molar-refractivity contribution is 5.97. The van der Waals surface area contributed by atoms with Gasteiger partial charge in [-0.15, -0.1) is 0 Å². The van der Waals surface area contributed by atoms with Gasteiger partial charge in [-0.05, 0) is 51.9 Å². The number of hydrogen-bond donors (Lipinski definition) is 10. The lowest BCUT2D eigenvalue weighted by Crippen LogP contribution is -2.61. The Kier molecular flexibility index (Phi) is 17.8. The van der Waals surface area contributed by atoms with Crippen molar-refractivity contribution in [1.82, 2.24) is 36.8 Å². The van der Waals surface area contributed by atoms with Gasteiger partial charge in [0.05, 0.1) is 19.3 Å². The Morgan fingerprint density at radius 1 is 0.680 bits per heavy atom. The van der Waals surface area contributed by atoms with E-state index < -0.39 is 115 Å². The van der Waals surface area contributed by atoms with E-state index in [0.717, 1.165) is 0 Å². The van der Waals surface area contributed by atoms with Crippen LogP contribution < -0.4 is 37.6 Å². The molecule has 11 N–H and O–H groups in total. The van der Waals surface area contributed by atoms with Crippen LogP contribution in [0.4, 0.5) is 0 Å². The van der Waals surface area contributed by atoms with Crippen LogP contribution in [-0.4, -0.2) is 136 Å². The molecule has 8 atom stereocenters. The summed E-state index contributed by atoms with van der Waals surface area (Å²) < 4.78 is 0. The van der Waals surface area contributed by atoms with Gasteiger partial charge in [0.2, 0.25) is 41.4 Å². The third-order valence-corrected chi connectivity index (χ3v) is 7.93. The lowest BCUT2D eigenvalue weighted by Gasteiger charge is -2.29. The molecule has 50 heavy (non-hydrogen) atoms. The summed E-state index contributed by atoms with van der Waals surface area (Å²) in [7, 11) is 0. The summed E-state index contributed by atoms with van der Waals surface area (Å²) in [6.07, 6.45) is 0.977. The zero-order chi connectivity index (χ0) is 38.5. The molecule has 1 fully saturated rings. The van der Waals surface area contributed by atoms with Crippen molar-refractivity contribution >= 4 is 47.3 Å². The first-order valence-electron chi connectivity index (χ1n) is 16.6. The molecular formula is C31H54N8O11. The van der Waals surface area contributed by atoms with Crippen LogP contribution in [0.3, 0.4) is 0 Å². The van der Waals surface area contributed by atoms with Crippen molar-refractivity contribution in [2.75, 3.05) is 19.8 Å². The number of amides is 7. The topological polar surface area (TPSA) is 299 Å². The Morgan fingerprint density at radius 2 is 1.18 bits per heavy atom. The average Bonchev–Trinajstić information content (AvgIpc) is 3.53. The summed E-state index contributed by atoms with van der Waals surface area (Å²) in [6.45, 7) is 9.30. The van der Waals surface area contributed by atoms with E-state index in [1.165, 1.54) is 25.7 Å². The van der Waals surface area contributed by atoms with Crippen molar-refractivity contribution in [1.29, 1.82) is 0 Å². The summed E-state index contributed by atoms with van der Waals surface area (Å²) in [5, 5.41) is 43.2. The van der Waals surface area contributed by atoms with Gasteiger partial charge in [-0.1, -0.05) is 27.7 Å². The highest BCUT2D eigenvalue weighted by Crippen LogP contribution is 2.19. The monoisotopic (exact) mass is 714 g/mol. The Hall–Kier alpha value is -4.36. The van der Waals surface area contributed by atoms with Crippen LogP contribution in [-0.2, 0) is 38.4 Å². The lowest BCUT2D eigenvalue weighted by molar-refractivity contribution is -0.144. The predicted molar refractivity (Wildman–Crippen MR) is 177 cm³/mol. The van der Waals surface area contributed by atoms with E-state index in [4.69, 9.17) is 10.8 Å². The van der Waals surface area contributed by atoms with Crippen LogP contribution in [0.15, 0.2) is 0 Å². The number of hydrogen-bond acceptors (Lipinski definition) is 11. The van der Waals surface area contributed by atoms with Crippen molar-refractivity contribution in [3.8, 4) is 0 Å². The molecule has 7 amide bonds. The number of rotatable bonds is 19. The van der Waals surface area contributed by atoms with E-state index in [1.807, 2.05) is 13.8 Å². The van der Waals surface area contributed by atoms with Gasteiger partial charge < -0.3 is 57.9 Å². The van der Waals surface area contributed by atoms with E-state index in [0.29, 0.717) is 6.42 Å². The minimum atomic E-state index is -1.62. The molecule has 0 spiro atoms. The molecule has 0 unspecified atom stereocenters. The molecule has 0 aromatic carbocycles. The minimum absolute atomic E-state index is 0.0105. The summed E-state index contributed by atoms with van der Waals surface area (Å²) in [5.41, 5.74) is 5.62. The van der Waals surface area contributed by atoms with E-state index in [2.05, 4.69) is 31.9 Å². The number of nitrogens with one attached hydrogen (secondary N) is 6. The fraction of sp³-hybridized carbons (Fsp3) is 0.742. The molecule has 19 nitrogen and oxygen atoms in total. The van der Waals surface area contributed by atoms with Gasteiger partial charge in [0.25, 0.3) is 0 Å². The number of carbonyl (C=O) groups excluding carboxylic acids is 7. The third kappa shape index (κ3) is 13.2. The normalized spacial score (nSPS) is 18.5. The van der Waals surface area contributed by atoms with Crippen LogP contribution in [0.1, 0.15) is 67.7 Å². The molecule has 1 aliphatic heterocycles. The number of aliphatic hydroxyl groups excluding tert-OH is 2. The second-order valence-electron chi connectivity index (χ2n) is 13.2. The first kappa shape index (κ1) is 43.7.